The molecule has 1 N–H and O–H groups in total. The Bertz CT molecular complexity index is 760. The predicted molar refractivity (Wildman–Crippen MR) is 80.8 cm³/mol. The van der Waals surface area contributed by atoms with E-state index in [-0.39, 0.29) is 10.5 Å². The first kappa shape index (κ1) is 16.1. The molecular formula is C15H16N2O4S. The molecule has 0 aliphatic rings. The van der Waals surface area contributed by atoms with E-state index in [0.717, 1.165) is 0 Å². The predicted octanol–water partition coefficient (Wildman–Crippen LogP) is 1.91. The van der Waals surface area contributed by atoms with Gasteiger partial charge >= 0.3 is 5.97 Å². The summed E-state index contributed by atoms with van der Waals surface area (Å²) in [5.74, 6) is -0.588. The van der Waals surface area contributed by atoms with Gasteiger partial charge in [-0.25, -0.2) is 17.9 Å². The van der Waals surface area contributed by atoms with Crippen molar-refractivity contribution in [2.24, 2.45) is 0 Å². The lowest BCUT2D eigenvalue weighted by molar-refractivity contribution is 0.0600. The number of carbonyl (C=O) groups is 1. The summed E-state index contributed by atoms with van der Waals surface area (Å²) < 4.78 is 31.9. The highest BCUT2D eigenvalue weighted by molar-refractivity contribution is 7.89. The number of hydrogen-bond donors (Lipinski definition) is 1. The van der Waals surface area contributed by atoms with Gasteiger partial charge in [-0.15, -0.1) is 0 Å². The van der Waals surface area contributed by atoms with E-state index >= 15 is 0 Å². The topological polar surface area (TPSA) is 85.4 Å². The largest absolute Gasteiger partial charge is 0.465 e. The Balaban J connectivity index is 2.25. The molecule has 1 atom stereocenters. The fraction of sp³-hybridized carbons (Fsp3) is 0.200. The summed E-state index contributed by atoms with van der Waals surface area (Å²) >= 11 is 0. The molecule has 0 saturated heterocycles. The van der Waals surface area contributed by atoms with E-state index in [1.165, 1.54) is 31.4 Å². The molecule has 6 nitrogen and oxygen atoms in total. The molecule has 1 heterocycles. The number of pyridine rings is 1. The minimum Gasteiger partial charge on any atom is -0.465 e. The fourth-order valence-electron chi connectivity index (χ4n) is 1.90. The minimum absolute atomic E-state index is 0.00168. The van der Waals surface area contributed by atoms with Gasteiger partial charge in [0.1, 0.15) is 0 Å². The number of rotatable bonds is 5. The van der Waals surface area contributed by atoms with Crippen molar-refractivity contribution in [1.82, 2.24) is 9.71 Å². The molecule has 0 unspecified atom stereocenters. The zero-order valence-electron chi connectivity index (χ0n) is 12.2. The first-order chi connectivity index (χ1) is 10.4. The lowest BCUT2D eigenvalue weighted by Gasteiger charge is -2.14. The monoisotopic (exact) mass is 320 g/mol. The summed E-state index contributed by atoms with van der Waals surface area (Å²) in [6.45, 7) is 1.70. The van der Waals surface area contributed by atoms with Crippen molar-refractivity contribution in [3.63, 3.8) is 0 Å². The highest BCUT2D eigenvalue weighted by Crippen LogP contribution is 2.16. The van der Waals surface area contributed by atoms with Gasteiger partial charge in [0, 0.05) is 6.20 Å². The number of esters is 1. The fourth-order valence-corrected chi connectivity index (χ4v) is 3.16. The summed E-state index contributed by atoms with van der Waals surface area (Å²) in [6.07, 6.45) is 1.60. The molecule has 0 aliphatic carbocycles. The first-order valence-electron chi connectivity index (χ1n) is 6.55. The minimum atomic E-state index is -3.77. The van der Waals surface area contributed by atoms with Crippen molar-refractivity contribution >= 4 is 16.0 Å². The smallest absolute Gasteiger partial charge is 0.337 e. The van der Waals surface area contributed by atoms with Crippen LogP contribution in [0.5, 0.6) is 0 Å². The quantitative estimate of drug-likeness (QED) is 0.851. The van der Waals surface area contributed by atoms with E-state index in [9.17, 15) is 13.2 Å². The molecule has 116 valence electrons. The van der Waals surface area contributed by atoms with Crippen molar-refractivity contribution in [3.05, 3.63) is 59.9 Å². The lowest BCUT2D eigenvalue weighted by atomic mass is 10.2. The number of benzene rings is 1. The van der Waals surface area contributed by atoms with Gasteiger partial charge in [-0.05, 0) is 37.3 Å². The lowest BCUT2D eigenvalue weighted by Crippen LogP contribution is -2.27. The first-order valence-corrected chi connectivity index (χ1v) is 8.04. The molecule has 0 spiro atoms. The van der Waals surface area contributed by atoms with E-state index in [2.05, 4.69) is 14.4 Å². The standard InChI is InChI=1S/C15H16N2O4S/c1-11(14-8-3-4-9-16-14)17-22(19,20)13-7-5-6-12(10-13)15(18)21-2/h3-11,17H,1-2H3/t11-/m1/s1. The Morgan fingerprint density at radius 2 is 2.00 bits per heavy atom. The molecule has 0 saturated carbocycles. The van der Waals surface area contributed by atoms with E-state index in [1.54, 1.807) is 31.3 Å². The summed E-state index contributed by atoms with van der Waals surface area (Å²) in [4.78, 5) is 15.6. The Hall–Kier alpha value is -2.25. The Morgan fingerprint density at radius 1 is 1.23 bits per heavy atom. The van der Waals surface area contributed by atoms with Gasteiger partial charge in [-0.3, -0.25) is 4.98 Å². The highest BCUT2D eigenvalue weighted by atomic mass is 32.2. The van der Waals surface area contributed by atoms with Gasteiger partial charge in [-0.2, -0.15) is 0 Å². The third-order valence-corrected chi connectivity index (χ3v) is 4.57. The number of carbonyl (C=O) groups excluding carboxylic acids is 1. The van der Waals surface area contributed by atoms with Crippen LogP contribution in [0.2, 0.25) is 0 Å². The van der Waals surface area contributed by atoms with Crippen LogP contribution in [0.25, 0.3) is 0 Å². The SMILES string of the molecule is COC(=O)c1cccc(S(=O)(=O)N[C@H](C)c2ccccn2)c1. The Labute approximate surface area is 129 Å². The number of sulfonamides is 1. The van der Waals surface area contributed by atoms with Gasteiger partial charge in [0.25, 0.3) is 0 Å². The maximum Gasteiger partial charge on any atom is 0.337 e. The molecule has 0 aliphatic heterocycles. The number of aromatic nitrogens is 1. The van der Waals surface area contributed by atoms with E-state index < -0.39 is 22.0 Å². The summed E-state index contributed by atoms with van der Waals surface area (Å²) in [5.41, 5.74) is 0.783. The summed E-state index contributed by atoms with van der Waals surface area (Å²) in [6, 6.07) is 10.5. The van der Waals surface area contributed by atoms with Gasteiger partial charge in [0.2, 0.25) is 10.0 Å². The second kappa shape index (κ2) is 6.67. The zero-order chi connectivity index (χ0) is 16.2. The maximum atomic E-state index is 12.4. The summed E-state index contributed by atoms with van der Waals surface area (Å²) in [7, 11) is -2.53. The second-order valence-electron chi connectivity index (χ2n) is 4.62. The van der Waals surface area contributed by atoms with Crippen LogP contribution in [0.1, 0.15) is 29.0 Å². The van der Waals surface area contributed by atoms with Crippen molar-refractivity contribution in [1.29, 1.82) is 0 Å². The van der Waals surface area contributed by atoms with Crippen LogP contribution in [-0.4, -0.2) is 26.5 Å². The molecule has 22 heavy (non-hydrogen) atoms. The van der Waals surface area contributed by atoms with Crippen LogP contribution < -0.4 is 4.72 Å². The number of methoxy groups -OCH3 is 1. The van der Waals surface area contributed by atoms with Crippen LogP contribution >= 0.6 is 0 Å². The number of hydrogen-bond acceptors (Lipinski definition) is 5. The summed E-state index contributed by atoms with van der Waals surface area (Å²) in [5, 5.41) is 0. The van der Waals surface area contributed by atoms with E-state index in [1.807, 2.05) is 0 Å². The van der Waals surface area contributed by atoms with Crippen LogP contribution in [0.4, 0.5) is 0 Å². The van der Waals surface area contributed by atoms with Gasteiger partial charge in [0.15, 0.2) is 0 Å². The molecule has 0 amide bonds. The van der Waals surface area contributed by atoms with Crippen LogP contribution in [0, 0.1) is 0 Å². The van der Waals surface area contributed by atoms with Crippen molar-refractivity contribution in [2.45, 2.75) is 17.9 Å². The number of ether oxygens (including phenoxy) is 1. The molecule has 0 bridgehead atoms. The van der Waals surface area contributed by atoms with Crippen molar-refractivity contribution in [3.8, 4) is 0 Å². The number of nitrogens with one attached hydrogen (secondary N) is 1. The Morgan fingerprint density at radius 3 is 2.64 bits per heavy atom. The molecule has 7 heteroatoms. The molecule has 1 aromatic heterocycles. The second-order valence-corrected chi connectivity index (χ2v) is 6.33. The molecule has 0 radical (unpaired) electrons. The van der Waals surface area contributed by atoms with Gasteiger partial charge < -0.3 is 4.74 Å². The van der Waals surface area contributed by atoms with E-state index in [4.69, 9.17) is 0 Å². The molecule has 2 rings (SSSR count). The van der Waals surface area contributed by atoms with Crippen molar-refractivity contribution < 1.29 is 17.9 Å². The number of nitrogens with zero attached hydrogens (tertiary/aromatic N) is 1. The third-order valence-electron chi connectivity index (χ3n) is 3.03. The van der Waals surface area contributed by atoms with Gasteiger partial charge in [0.05, 0.1) is 29.3 Å². The Kier molecular flexibility index (Phi) is 4.89. The maximum absolute atomic E-state index is 12.4. The van der Waals surface area contributed by atoms with Crippen LogP contribution in [0.15, 0.2) is 53.6 Å². The normalized spacial score (nSPS) is 12.6. The molecule has 2 aromatic rings. The van der Waals surface area contributed by atoms with Crippen LogP contribution in [-0.2, 0) is 14.8 Å². The average Bonchev–Trinajstić information content (AvgIpc) is 2.54. The molecule has 1 aromatic carbocycles. The third kappa shape index (κ3) is 3.69. The van der Waals surface area contributed by atoms with Gasteiger partial charge in [-0.1, -0.05) is 12.1 Å². The molecule has 0 fully saturated rings. The average molecular weight is 320 g/mol. The zero-order valence-corrected chi connectivity index (χ0v) is 13.0. The van der Waals surface area contributed by atoms with Crippen LogP contribution in [0.3, 0.4) is 0 Å². The van der Waals surface area contributed by atoms with E-state index in [0.29, 0.717) is 5.69 Å². The highest BCUT2D eigenvalue weighted by Gasteiger charge is 2.20. The van der Waals surface area contributed by atoms with Crippen molar-refractivity contribution in [2.75, 3.05) is 7.11 Å². The molecular weight excluding hydrogens is 304 g/mol.